The number of fused-ring (bicyclic) bond motifs is 1. The minimum Gasteiger partial charge on any atom is -0.457 e. The highest BCUT2D eigenvalue weighted by Crippen LogP contribution is 2.38. The van der Waals surface area contributed by atoms with Crippen molar-refractivity contribution in [2.45, 2.75) is 13.5 Å². The SMILES string of the molecule is C=C/C(=C\C(F)=C(/C)Oc1ccnc2cc(-c3ncc(CNCCOC)n3C)sc12)[N+](=O)[O-]. The van der Waals surface area contributed by atoms with Crippen molar-refractivity contribution in [3.8, 4) is 16.5 Å². The van der Waals surface area contributed by atoms with E-state index in [1.807, 2.05) is 23.9 Å². The van der Waals surface area contributed by atoms with Crippen molar-refractivity contribution in [3.63, 3.8) is 0 Å². The van der Waals surface area contributed by atoms with Crippen molar-refractivity contribution in [1.82, 2.24) is 19.9 Å². The lowest BCUT2D eigenvalue weighted by molar-refractivity contribution is -0.419. The summed E-state index contributed by atoms with van der Waals surface area (Å²) in [6.45, 7) is 6.73. The van der Waals surface area contributed by atoms with Gasteiger partial charge in [0.25, 0.3) is 5.70 Å². The molecule has 0 atom stereocenters. The molecular formula is C22H24FN5O4S. The number of hydrogen-bond donors (Lipinski definition) is 1. The van der Waals surface area contributed by atoms with Gasteiger partial charge in [-0.25, -0.2) is 9.37 Å². The number of pyridine rings is 1. The van der Waals surface area contributed by atoms with Crippen LogP contribution in [0.1, 0.15) is 12.6 Å². The zero-order valence-electron chi connectivity index (χ0n) is 18.5. The molecule has 0 aliphatic rings. The summed E-state index contributed by atoms with van der Waals surface area (Å²) in [4.78, 5) is 20.0. The summed E-state index contributed by atoms with van der Waals surface area (Å²) in [7, 11) is 3.59. The summed E-state index contributed by atoms with van der Waals surface area (Å²) in [5, 5.41) is 14.2. The molecule has 0 radical (unpaired) electrons. The molecule has 0 unspecified atom stereocenters. The van der Waals surface area contributed by atoms with Crippen LogP contribution in [0.2, 0.25) is 0 Å². The Morgan fingerprint density at radius 2 is 2.24 bits per heavy atom. The minimum absolute atomic E-state index is 0.111. The van der Waals surface area contributed by atoms with Crippen LogP contribution >= 0.6 is 11.3 Å². The molecule has 0 aliphatic carbocycles. The van der Waals surface area contributed by atoms with Crippen molar-refractivity contribution in [3.05, 3.63) is 76.3 Å². The van der Waals surface area contributed by atoms with E-state index in [0.717, 1.165) is 35.1 Å². The van der Waals surface area contributed by atoms with E-state index in [-0.39, 0.29) is 5.76 Å². The van der Waals surface area contributed by atoms with Crippen LogP contribution in [0.3, 0.4) is 0 Å². The van der Waals surface area contributed by atoms with Crippen molar-refractivity contribution in [2.24, 2.45) is 7.05 Å². The summed E-state index contributed by atoms with van der Waals surface area (Å²) < 4.78 is 27.9. The quantitative estimate of drug-likeness (QED) is 0.145. The van der Waals surface area contributed by atoms with Gasteiger partial charge < -0.3 is 19.4 Å². The molecule has 0 spiro atoms. The minimum atomic E-state index is -0.863. The largest absolute Gasteiger partial charge is 0.457 e. The maximum atomic E-state index is 14.4. The second kappa shape index (κ2) is 10.9. The van der Waals surface area contributed by atoms with Crippen molar-refractivity contribution >= 4 is 21.6 Å². The van der Waals surface area contributed by atoms with Gasteiger partial charge in [0.05, 0.1) is 44.6 Å². The Balaban J connectivity index is 1.88. The van der Waals surface area contributed by atoms with E-state index in [1.54, 1.807) is 19.4 Å². The number of rotatable bonds is 11. The van der Waals surface area contributed by atoms with Crippen LogP contribution < -0.4 is 10.1 Å². The van der Waals surface area contributed by atoms with Gasteiger partial charge >= 0.3 is 0 Å². The molecule has 3 aromatic rings. The topological polar surface area (TPSA) is 104 Å². The molecule has 3 rings (SSSR count). The van der Waals surface area contributed by atoms with Crippen LogP contribution in [0.25, 0.3) is 20.9 Å². The predicted molar refractivity (Wildman–Crippen MR) is 125 cm³/mol. The Hall–Kier alpha value is -3.41. The summed E-state index contributed by atoms with van der Waals surface area (Å²) in [6.07, 6.45) is 5.12. The van der Waals surface area contributed by atoms with Gasteiger partial charge in [0, 0.05) is 45.6 Å². The smallest absolute Gasteiger partial charge is 0.271 e. The second-order valence-electron chi connectivity index (χ2n) is 6.97. The van der Waals surface area contributed by atoms with E-state index in [0.29, 0.717) is 29.1 Å². The fourth-order valence-corrected chi connectivity index (χ4v) is 4.06. The number of ether oxygens (including phenoxy) is 2. The summed E-state index contributed by atoms with van der Waals surface area (Å²) in [6, 6.07) is 3.52. The molecule has 0 saturated heterocycles. The number of allylic oxidation sites excluding steroid dienone is 4. The first kappa shape index (κ1) is 24.2. The lowest BCUT2D eigenvalue weighted by atomic mass is 10.3. The molecule has 9 nitrogen and oxygen atoms in total. The third-order valence-electron chi connectivity index (χ3n) is 4.76. The molecule has 174 valence electrons. The predicted octanol–water partition coefficient (Wildman–Crippen LogP) is 4.36. The Morgan fingerprint density at radius 1 is 1.45 bits per heavy atom. The molecule has 3 aromatic heterocycles. The van der Waals surface area contributed by atoms with Gasteiger partial charge in [0.1, 0.15) is 17.3 Å². The van der Waals surface area contributed by atoms with E-state index < -0.39 is 16.4 Å². The van der Waals surface area contributed by atoms with Gasteiger partial charge in [0.15, 0.2) is 5.83 Å². The number of nitrogens with one attached hydrogen (secondary N) is 1. The van der Waals surface area contributed by atoms with Gasteiger partial charge in [0.2, 0.25) is 0 Å². The number of thiophene rings is 1. The van der Waals surface area contributed by atoms with Gasteiger partial charge in [-0.15, -0.1) is 11.3 Å². The maximum absolute atomic E-state index is 14.4. The number of methoxy groups -OCH3 is 1. The Kier molecular flexibility index (Phi) is 8.04. The molecule has 3 heterocycles. The van der Waals surface area contributed by atoms with Gasteiger partial charge in [-0.3, -0.25) is 15.1 Å². The van der Waals surface area contributed by atoms with Crippen LogP contribution in [-0.2, 0) is 18.3 Å². The molecular weight excluding hydrogens is 449 g/mol. The Morgan fingerprint density at radius 3 is 2.94 bits per heavy atom. The molecule has 1 N–H and O–H groups in total. The first-order valence-electron chi connectivity index (χ1n) is 9.97. The third kappa shape index (κ3) is 5.69. The van der Waals surface area contributed by atoms with Crippen molar-refractivity contribution in [1.29, 1.82) is 0 Å². The number of halogens is 1. The zero-order valence-corrected chi connectivity index (χ0v) is 19.3. The maximum Gasteiger partial charge on any atom is 0.271 e. The molecule has 0 amide bonds. The van der Waals surface area contributed by atoms with Crippen LogP contribution in [0.4, 0.5) is 4.39 Å². The number of nitrogens with zero attached hydrogens (tertiary/aromatic N) is 4. The average molecular weight is 474 g/mol. The monoisotopic (exact) mass is 473 g/mol. The highest BCUT2D eigenvalue weighted by Gasteiger charge is 2.16. The molecule has 0 fully saturated rings. The van der Waals surface area contributed by atoms with Crippen LogP contribution in [0.15, 0.2) is 60.5 Å². The zero-order chi connectivity index (χ0) is 24.0. The van der Waals surface area contributed by atoms with Crippen LogP contribution in [0, 0.1) is 10.1 Å². The summed E-state index contributed by atoms with van der Waals surface area (Å²) >= 11 is 1.42. The highest BCUT2D eigenvalue weighted by molar-refractivity contribution is 7.22. The van der Waals surface area contributed by atoms with Crippen molar-refractivity contribution in [2.75, 3.05) is 20.3 Å². The second-order valence-corrected chi connectivity index (χ2v) is 8.02. The fourth-order valence-electron chi connectivity index (χ4n) is 2.97. The lowest BCUT2D eigenvalue weighted by Gasteiger charge is -2.07. The molecule has 0 aromatic carbocycles. The first-order chi connectivity index (χ1) is 15.8. The van der Waals surface area contributed by atoms with Gasteiger partial charge in [-0.1, -0.05) is 6.58 Å². The van der Waals surface area contributed by atoms with Crippen molar-refractivity contribution < 1.29 is 18.8 Å². The van der Waals surface area contributed by atoms with Gasteiger partial charge in [-0.2, -0.15) is 0 Å². The first-order valence-corrected chi connectivity index (χ1v) is 10.8. The highest BCUT2D eigenvalue weighted by atomic mass is 32.1. The van der Waals surface area contributed by atoms with E-state index >= 15 is 0 Å². The summed E-state index contributed by atoms with van der Waals surface area (Å²) in [5.74, 6) is 0.197. The fraction of sp³-hybridized carbons (Fsp3) is 0.273. The number of nitro groups is 1. The van der Waals surface area contributed by atoms with E-state index in [9.17, 15) is 14.5 Å². The molecule has 0 aliphatic heterocycles. The van der Waals surface area contributed by atoms with E-state index in [2.05, 4.69) is 21.9 Å². The van der Waals surface area contributed by atoms with Gasteiger partial charge in [-0.05, 0) is 13.0 Å². The number of hydrogen-bond acceptors (Lipinski definition) is 8. The van der Waals surface area contributed by atoms with Crippen LogP contribution in [-0.4, -0.2) is 39.7 Å². The van der Waals surface area contributed by atoms with E-state index in [1.165, 1.54) is 18.3 Å². The number of aromatic nitrogens is 3. The Bertz CT molecular complexity index is 1230. The average Bonchev–Trinajstić information content (AvgIpc) is 3.38. The van der Waals surface area contributed by atoms with E-state index in [4.69, 9.17) is 9.47 Å². The third-order valence-corrected chi connectivity index (χ3v) is 5.90. The standard InChI is InChI=1S/C22H24FN5O4S/c1-5-15(28(29)30)10-17(23)14(2)32-19-6-7-25-18-11-20(33-21(18)19)22-26-13-16(27(22)3)12-24-8-9-31-4/h5-7,10-11,13,24H,1,8-9,12H2,2-4H3/b15-10+,17-14-. The molecule has 33 heavy (non-hydrogen) atoms. The Labute approximate surface area is 194 Å². The lowest BCUT2D eigenvalue weighted by Crippen LogP contribution is -2.20. The molecule has 11 heteroatoms. The normalized spacial score (nSPS) is 12.7. The summed E-state index contributed by atoms with van der Waals surface area (Å²) in [5.41, 5.74) is 1.23. The number of imidazole rings is 1. The molecule has 0 saturated carbocycles. The molecule has 0 bridgehead atoms. The van der Waals surface area contributed by atoms with Crippen LogP contribution in [0.5, 0.6) is 5.75 Å².